The topological polar surface area (TPSA) is 124 Å². The summed E-state index contributed by atoms with van der Waals surface area (Å²) >= 11 is 0. The van der Waals surface area contributed by atoms with Crippen LogP contribution in [0.1, 0.15) is 15.9 Å². The Morgan fingerprint density at radius 2 is 1.84 bits per heavy atom. The van der Waals surface area contributed by atoms with E-state index in [9.17, 15) is 9.59 Å². The van der Waals surface area contributed by atoms with Crippen molar-refractivity contribution in [1.82, 2.24) is 14.4 Å². The zero-order chi connectivity index (χ0) is 22.0. The molecule has 0 aliphatic heterocycles. The molecule has 0 bridgehead atoms. The van der Waals surface area contributed by atoms with Gasteiger partial charge in [0.25, 0.3) is 5.91 Å². The Morgan fingerprint density at radius 3 is 2.48 bits per heavy atom. The summed E-state index contributed by atoms with van der Waals surface area (Å²) in [7, 11) is 1.67. The molecule has 0 saturated heterocycles. The van der Waals surface area contributed by atoms with Crippen LogP contribution in [0.15, 0.2) is 67.1 Å². The Balaban J connectivity index is 1.65. The van der Waals surface area contributed by atoms with E-state index >= 15 is 0 Å². The van der Waals surface area contributed by atoms with E-state index in [2.05, 4.69) is 21.4 Å². The molecular formula is C22H16N6O3. The molecule has 4 rings (SSSR count). The van der Waals surface area contributed by atoms with Crippen molar-refractivity contribution < 1.29 is 14.7 Å². The fraction of sp³-hybridized carbons (Fsp3) is 0.0455. The monoisotopic (exact) mass is 412 g/mol. The molecule has 9 nitrogen and oxygen atoms in total. The number of pyridine rings is 2. The van der Waals surface area contributed by atoms with Gasteiger partial charge in [0.05, 0.1) is 29.1 Å². The Bertz CT molecular complexity index is 1320. The first-order valence-corrected chi connectivity index (χ1v) is 9.18. The number of benzene rings is 1. The maximum atomic E-state index is 13.0. The predicted octanol–water partition coefficient (Wildman–Crippen LogP) is 3.63. The van der Waals surface area contributed by atoms with E-state index in [0.717, 1.165) is 0 Å². The van der Waals surface area contributed by atoms with Crippen LogP contribution in [-0.2, 0) is 0 Å². The molecule has 0 aliphatic carbocycles. The minimum atomic E-state index is -1.19. The number of hydrogen-bond acceptors (Lipinski definition) is 5. The highest BCUT2D eigenvalue weighted by atomic mass is 16.4. The molecule has 2 amide bonds. The van der Waals surface area contributed by atoms with Gasteiger partial charge in [-0.25, -0.2) is 14.8 Å². The molecule has 0 spiro atoms. The molecule has 9 heteroatoms. The van der Waals surface area contributed by atoms with Crippen molar-refractivity contribution in [3.8, 4) is 17.3 Å². The van der Waals surface area contributed by atoms with Crippen molar-refractivity contribution >= 4 is 29.2 Å². The number of imidazole rings is 1. The SMILES string of the molecule is CN(C(=O)c1ccc2ncc(-c3ccc(NC(=O)O)nc3)n2c1)c1ccc(C#N)cc1. The van der Waals surface area contributed by atoms with E-state index in [0.29, 0.717) is 33.7 Å². The van der Waals surface area contributed by atoms with E-state index < -0.39 is 6.09 Å². The Morgan fingerprint density at radius 1 is 1.06 bits per heavy atom. The molecule has 4 aromatic rings. The predicted molar refractivity (Wildman–Crippen MR) is 114 cm³/mol. The normalized spacial score (nSPS) is 10.5. The quantitative estimate of drug-likeness (QED) is 0.527. The van der Waals surface area contributed by atoms with Crippen molar-refractivity contribution in [1.29, 1.82) is 5.26 Å². The number of carbonyl (C=O) groups is 2. The average Bonchev–Trinajstić information content (AvgIpc) is 3.21. The molecule has 3 aromatic heterocycles. The molecule has 31 heavy (non-hydrogen) atoms. The summed E-state index contributed by atoms with van der Waals surface area (Å²) in [4.78, 5) is 33.7. The summed E-state index contributed by atoms with van der Waals surface area (Å²) in [5.41, 5.74) is 3.72. The number of fused-ring (bicyclic) bond motifs is 1. The summed E-state index contributed by atoms with van der Waals surface area (Å²) in [6, 6.07) is 15.5. The van der Waals surface area contributed by atoms with Crippen LogP contribution in [0.5, 0.6) is 0 Å². The van der Waals surface area contributed by atoms with Crippen LogP contribution in [0.25, 0.3) is 16.9 Å². The van der Waals surface area contributed by atoms with Crippen LogP contribution in [0.3, 0.4) is 0 Å². The fourth-order valence-corrected chi connectivity index (χ4v) is 3.12. The first kappa shape index (κ1) is 19.6. The van der Waals surface area contributed by atoms with Crippen molar-refractivity contribution in [2.75, 3.05) is 17.3 Å². The molecular weight excluding hydrogens is 396 g/mol. The van der Waals surface area contributed by atoms with Gasteiger partial charge < -0.3 is 10.0 Å². The van der Waals surface area contributed by atoms with E-state index in [1.807, 2.05) is 0 Å². The zero-order valence-electron chi connectivity index (χ0n) is 16.4. The van der Waals surface area contributed by atoms with Crippen LogP contribution in [0, 0.1) is 11.3 Å². The standard InChI is InChI=1S/C22H16N6O3/c1-27(17-6-2-14(10-23)3-7-17)21(29)16-5-9-20-25-12-18(28(20)13-16)15-4-8-19(24-11-15)26-22(30)31/h2-9,11-13H,1H3,(H,24,26)(H,30,31). The summed E-state index contributed by atoms with van der Waals surface area (Å²) in [5, 5.41) is 19.9. The van der Waals surface area contributed by atoms with Crippen LogP contribution in [0.2, 0.25) is 0 Å². The van der Waals surface area contributed by atoms with E-state index in [1.54, 1.807) is 72.4 Å². The van der Waals surface area contributed by atoms with E-state index in [4.69, 9.17) is 10.4 Å². The van der Waals surface area contributed by atoms with Gasteiger partial charge in [-0.3, -0.25) is 14.5 Å². The zero-order valence-corrected chi connectivity index (χ0v) is 16.4. The van der Waals surface area contributed by atoms with E-state index in [-0.39, 0.29) is 11.7 Å². The van der Waals surface area contributed by atoms with Crippen LogP contribution >= 0.6 is 0 Å². The number of amides is 2. The lowest BCUT2D eigenvalue weighted by atomic mass is 10.2. The number of carbonyl (C=O) groups excluding carboxylic acids is 1. The molecule has 0 radical (unpaired) electrons. The van der Waals surface area contributed by atoms with Gasteiger partial charge in [-0.15, -0.1) is 0 Å². The largest absolute Gasteiger partial charge is 0.465 e. The second kappa shape index (κ2) is 7.96. The number of nitrogens with zero attached hydrogens (tertiary/aromatic N) is 5. The number of carboxylic acid groups (broad SMARTS) is 1. The molecule has 0 aliphatic rings. The lowest BCUT2D eigenvalue weighted by Gasteiger charge is -2.17. The van der Waals surface area contributed by atoms with Gasteiger partial charge in [0.1, 0.15) is 11.5 Å². The number of nitrogens with one attached hydrogen (secondary N) is 1. The van der Waals surface area contributed by atoms with Crippen LogP contribution in [0.4, 0.5) is 16.3 Å². The number of hydrogen-bond donors (Lipinski definition) is 2. The summed E-state index contributed by atoms with van der Waals surface area (Å²) < 4.78 is 1.78. The van der Waals surface area contributed by atoms with Crippen molar-refractivity contribution in [2.45, 2.75) is 0 Å². The summed E-state index contributed by atoms with van der Waals surface area (Å²) in [5.74, 6) is -0.00429. The molecule has 0 fully saturated rings. The highest BCUT2D eigenvalue weighted by molar-refractivity contribution is 6.05. The molecule has 0 atom stereocenters. The van der Waals surface area contributed by atoms with Gasteiger partial charge in [-0.1, -0.05) is 0 Å². The Labute approximate surface area is 176 Å². The molecule has 0 saturated carbocycles. The number of rotatable bonds is 4. The van der Waals surface area contributed by atoms with E-state index in [1.165, 1.54) is 11.1 Å². The van der Waals surface area contributed by atoms with Gasteiger partial charge in [-0.2, -0.15) is 5.26 Å². The highest BCUT2D eigenvalue weighted by Crippen LogP contribution is 2.23. The minimum Gasteiger partial charge on any atom is -0.465 e. The van der Waals surface area contributed by atoms with Gasteiger partial charge >= 0.3 is 6.09 Å². The fourth-order valence-electron chi connectivity index (χ4n) is 3.12. The van der Waals surface area contributed by atoms with Gasteiger partial charge in [-0.05, 0) is 48.5 Å². The van der Waals surface area contributed by atoms with Gasteiger partial charge in [0.15, 0.2) is 0 Å². The van der Waals surface area contributed by atoms with Crippen molar-refractivity contribution in [3.05, 3.63) is 78.2 Å². The third kappa shape index (κ3) is 3.90. The molecule has 2 N–H and O–H groups in total. The molecule has 3 heterocycles. The maximum absolute atomic E-state index is 13.0. The van der Waals surface area contributed by atoms with Gasteiger partial charge in [0.2, 0.25) is 0 Å². The number of nitriles is 1. The molecule has 152 valence electrons. The highest BCUT2D eigenvalue weighted by Gasteiger charge is 2.16. The van der Waals surface area contributed by atoms with Crippen molar-refractivity contribution in [2.24, 2.45) is 0 Å². The first-order valence-electron chi connectivity index (χ1n) is 9.18. The average molecular weight is 412 g/mol. The lowest BCUT2D eigenvalue weighted by Crippen LogP contribution is -2.26. The van der Waals surface area contributed by atoms with Crippen LogP contribution in [-0.4, -0.2) is 38.5 Å². The Kier molecular flexibility index (Phi) is 5.03. The third-order valence-electron chi connectivity index (χ3n) is 4.74. The van der Waals surface area contributed by atoms with Crippen LogP contribution < -0.4 is 10.2 Å². The lowest BCUT2D eigenvalue weighted by molar-refractivity contribution is 0.0992. The second-order valence-corrected chi connectivity index (χ2v) is 6.67. The minimum absolute atomic E-state index is 0.213. The number of anilines is 2. The summed E-state index contributed by atoms with van der Waals surface area (Å²) in [6.07, 6.45) is 3.70. The Hall–Kier alpha value is -4.71. The maximum Gasteiger partial charge on any atom is 0.410 e. The first-order chi connectivity index (χ1) is 15.0. The van der Waals surface area contributed by atoms with Crippen molar-refractivity contribution in [3.63, 3.8) is 0 Å². The second-order valence-electron chi connectivity index (χ2n) is 6.67. The smallest absolute Gasteiger partial charge is 0.410 e. The number of aromatic nitrogens is 3. The summed E-state index contributed by atoms with van der Waals surface area (Å²) in [6.45, 7) is 0. The molecule has 1 aromatic carbocycles. The third-order valence-corrected chi connectivity index (χ3v) is 4.74. The van der Waals surface area contributed by atoms with Gasteiger partial charge in [0, 0.05) is 30.7 Å². The molecule has 0 unspecified atom stereocenters.